The van der Waals surface area contributed by atoms with Gasteiger partial charge in [-0.25, -0.2) is 9.97 Å². The molecule has 0 radical (unpaired) electrons. The van der Waals surface area contributed by atoms with Crippen LogP contribution in [-0.2, 0) is 0 Å². The molecule has 0 saturated carbocycles. The molecule has 9 heteroatoms. The molecule has 100 valence electrons. The molecule has 1 aromatic carbocycles. The molecule has 0 unspecified atom stereocenters. The highest BCUT2D eigenvalue weighted by atomic mass is 35.5. The minimum Gasteiger partial charge on any atom is -0.333 e. The predicted octanol–water partition coefficient (Wildman–Crippen LogP) is 3.31. The lowest BCUT2D eigenvalue weighted by atomic mass is 10.2. The second-order valence-corrected chi connectivity index (χ2v) is 4.32. The summed E-state index contributed by atoms with van der Waals surface area (Å²) in [5.41, 5.74) is 0.191. The van der Waals surface area contributed by atoms with Crippen molar-refractivity contribution >= 4 is 40.4 Å². The topological polar surface area (TPSA) is 105 Å². The molecular weight excluding hydrogens is 305 g/mol. The number of aromatic nitrogens is 2. The van der Waals surface area contributed by atoms with Gasteiger partial charge in [0, 0.05) is 0 Å². The van der Waals surface area contributed by atoms with E-state index in [9.17, 15) is 10.1 Å². The number of rotatable bonds is 3. The Balaban J connectivity index is 2.48. The Morgan fingerprint density at radius 1 is 1.35 bits per heavy atom. The first-order chi connectivity index (χ1) is 9.52. The first kappa shape index (κ1) is 14.0. The number of nitriles is 1. The molecule has 2 rings (SSSR count). The smallest absolute Gasteiger partial charge is 0.333 e. The fourth-order valence-electron chi connectivity index (χ4n) is 1.43. The summed E-state index contributed by atoms with van der Waals surface area (Å²) in [5.74, 6) is -0.105. The molecule has 0 atom stereocenters. The number of halogens is 2. The molecule has 0 spiro atoms. The maximum atomic E-state index is 11.0. The lowest BCUT2D eigenvalue weighted by Gasteiger charge is -2.08. The number of nitrogens with zero attached hydrogens (tertiary/aromatic N) is 4. The second kappa shape index (κ2) is 5.69. The number of hydrogen-bond acceptors (Lipinski definition) is 6. The van der Waals surface area contributed by atoms with Gasteiger partial charge in [0.15, 0.2) is 0 Å². The van der Waals surface area contributed by atoms with Gasteiger partial charge in [0.2, 0.25) is 11.0 Å². The van der Waals surface area contributed by atoms with Gasteiger partial charge in [0.25, 0.3) is 0 Å². The van der Waals surface area contributed by atoms with Crippen LogP contribution in [0.4, 0.5) is 17.2 Å². The summed E-state index contributed by atoms with van der Waals surface area (Å²) in [4.78, 5) is 17.6. The van der Waals surface area contributed by atoms with Crippen LogP contribution in [0.5, 0.6) is 0 Å². The SMILES string of the molecule is N#Cc1ccc(Cl)c(Nc2ncnc(Cl)c2[N+](=O)[O-])c1. The highest BCUT2D eigenvalue weighted by molar-refractivity contribution is 6.33. The Bertz CT molecular complexity index is 729. The summed E-state index contributed by atoms with van der Waals surface area (Å²) in [7, 11) is 0. The van der Waals surface area contributed by atoms with Gasteiger partial charge in [-0.3, -0.25) is 10.1 Å². The third-order valence-electron chi connectivity index (χ3n) is 2.31. The summed E-state index contributed by atoms with van der Waals surface area (Å²) in [5, 5.41) is 22.5. The summed E-state index contributed by atoms with van der Waals surface area (Å²) in [6.45, 7) is 0. The van der Waals surface area contributed by atoms with Gasteiger partial charge in [-0.1, -0.05) is 23.2 Å². The quantitative estimate of drug-likeness (QED) is 0.530. The average molecular weight is 310 g/mol. The predicted molar refractivity (Wildman–Crippen MR) is 73.1 cm³/mol. The number of benzene rings is 1. The second-order valence-electron chi connectivity index (χ2n) is 3.55. The molecule has 20 heavy (non-hydrogen) atoms. The lowest BCUT2D eigenvalue weighted by molar-refractivity contribution is -0.384. The Morgan fingerprint density at radius 2 is 2.10 bits per heavy atom. The average Bonchev–Trinajstić information content (AvgIpc) is 2.41. The van der Waals surface area contributed by atoms with Gasteiger partial charge >= 0.3 is 5.69 Å². The molecule has 0 bridgehead atoms. The summed E-state index contributed by atoms with van der Waals surface area (Å²) in [6, 6.07) is 6.40. The van der Waals surface area contributed by atoms with Gasteiger partial charge in [0.1, 0.15) is 6.33 Å². The zero-order chi connectivity index (χ0) is 14.7. The van der Waals surface area contributed by atoms with Crippen LogP contribution < -0.4 is 5.32 Å². The van der Waals surface area contributed by atoms with E-state index >= 15 is 0 Å². The van der Waals surface area contributed by atoms with Crippen molar-refractivity contribution in [2.75, 3.05) is 5.32 Å². The highest BCUT2D eigenvalue weighted by Crippen LogP contribution is 2.33. The number of nitrogens with one attached hydrogen (secondary N) is 1. The fraction of sp³-hybridized carbons (Fsp3) is 0. The molecule has 0 aliphatic carbocycles. The zero-order valence-electron chi connectivity index (χ0n) is 9.67. The van der Waals surface area contributed by atoms with Gasteiger partial charge in [-0.15, -0.1) is 0 Å². The van der Waals surface area contributed by atoms with E-state index in [0.717, 1.165) is 6.33 Å². The third kappa shape index (κ3) is 2.77. The van der Waals surface area contributed by atoms with Crippen molar-refractivity contribution in [3.63, 3.8) is 0 Å². The molecule has 2 aromatic rings. The van der Waals surface area contributed by atoms with Crippen molar-refractivity contribution in [2.45, 2.75) is 0 Å². The first-order valence-corrected chi connectivity index (χ1v) is 5.90. The Labute approximate surface area is 122 Å². The normalized spacial score (nSPS) is 9.85. The first-order valence-electron chi connectivity index (χ1n) is 5.14. The molecule has 1 N–H and O–H groups in total. The van der Waals surface area contributed by atoms with E-state index in [2.05, 4.69) is 15.3 Å². The van der Waals surface area contributed by atoms with Gasteiger partial charge in [-0.05, 0) is 18.2 Å². The molecule has 0 aliphatic heterocycles. The van der Waals surface area contributed by atoms with E-state index in [1.807, 2.05) is 6.07 Å². The van der Waals surface area contributed by atoms with E-state index in [4.69, 9.17) is 28.5 Å². The van der Waals surface area contributed by atoms with Crippen molar-refractivity contribution in [3.8, 4) is 6.07 Å². The van der Waals surface area contributed by atoms with Crippen LogP contribution in [0, 0.1) is 21.4 Å². The maximum Gasteiger partial charge on any atom is 0.348 e. The van der Waals surface area contributed by atoms with Crippen LogP contribution in [0.3, 0.4) is 0 Å². The molecule has 0 amide bonds. The lowest BCUT2D eigenvalue weighted by Crippen LogP contribution is -2.02. The van der Waals surface area contributed by atoms with Crippen molar-refractivity contribution in [1.82, 2.24) is 9.97 Å². The van der Waals surface area contributed by atoms with Crippen molar-refractivity contribution in [3.05, 3.63) is 50.4 Å². The molecule has 1 aromatic heterocycles. The third-order valence-corrected chi connectivity index (χ3v) is 2.91. The van der Waals surface area contributed by atoms with Crippen LogP contribution in [0.15, 0.2) is 24.5 Å². The van der Waals surface area contributed by atoms with Gasteiger partial charge in [0.05, 0.1) is 27.3 Å². The van der Waals surface area contributed by atoms with Crippen LogP contribution in [-0.4, -0.2) is 14.9 Å². The molecular formula is C11H5Cl2N5O2. The molecule has 0 saturated heterocycles. The van der Waals surface area contributed by atoms with Crippen molar-refractivity contribution < 1.29 is 4.92 Å². The summed E-state index contributed by atoms with van der Waals surface area (Å²) >= 11 is 11.6. The standard InChI is InChI=1S/C11H5Cl2N5O2/c12-7-2-1-6(4-14)3-8(7)17-11-9(18(19)20)10(13)15-5-16-11/h1-3,5H,(H,15,16,17). The Hall–Kier alpha value is -2.43. The number of hydrogen-bond donors (Lipinski definition) is 1. The van der Waals surface area contributed by atoms with E-state index < -0.39 is 10.6 Å². The maximum absolute atomic E-state index is 11.0. The largest absolute Gasteiger partial charge is 0.348 e. The molecule has 0 fully saturated rings. The Morgan fingerprint density at radius 3 is 2.75 bits per heavy atom. The van der Waals surface area contributed by atoms with Crippen LogP contribution in [0.25, 0.3) is 0 Å². The highest BCUT2D eigenvalue weighted by Gasteiger charge is 2.22. The summed E-state index contributed by atoms with van der Waals surface area (Å²) < 4.78 is 0. The van der Waals surface area contributed by atoms with E-state index in [-0.39, 0.29) is 16.0 Å². The summed E-state index contributed by atoms with van der Waals surface area (Å²) in [6.07, 6.45) is 1.08. The van der Waals surface area contributed by atoms with E-state index in [0.29, 0.717) is 11.3 Å². The van der Waals surface area contributed by atoms with Crippen LogP contribution in [0.1, 0.15) is 5.56 Å². The minimum absolute atomic E-state index is 0.105. The number of nitro groups is 1. The van der Waals surface area contributed by atoms with Crippen LogP contribution in [0.2, 0.25) is 10.2 Å². The zero-order valence-corrected chi connectivity index (χ0v) is 11.2. The van der Waals surface area contributed by atoms with Crippen LogP contribution >= 0.6 is 23.2 Å². The van der Waals surface area contributed by atoms with E-state index in [1.54, 1.807) is 0 Å². The van der Waals surface area contributed by atoms with Crippen molar-refractivity contribution in [1.29, 1.82) is 5.26 Å². The fourth-order valence-corrected chi connectivity index (χ4v) is 1.80. The van der Waals surface area contributed by atoms with E-state index in [1.165, 1.54) is 18.2 Å². The molecule has 0 aliphatic rings. The number of anilines is 2. The minimum atomic E-state index is -0.702. The van der Waals surface area contributed by atoms with Gasteiger partial charge < -0.3 is 5.32 Å². The Kier molecular flexibility index (Phi) is 3.98. The molecule has 7 nitrogen and oxygen atoms in total. The molecule has 1 heterocycles. The van der Waals surface area contributed by atoms with Gasteiger partial charge in [-0.2, -0.15) is 5.26 Å². The van der Waals surface area contributed by atoms with Crippen molar-refractivity contribution in [2.24, 2.45) is 0 Å². The monoisotopic (exact) mass is 309 g/mol.